The van der Waals surface area contributed by atoms with Crippen LogP contribution < -0.4 is 10.6 Å². The molecule has 6 nitrogen and oxygen atoms in total. The highest BCUT2D eigenvalue weighted by atomic mass is 16.4. The Balaban J connectivity index is 2.32. The first-order valence-electron chi connectivity index (χ1n) is 7.33. The number of pyridine rings is 1. The second-order valence-corrected chi connectivity index (χ2v) is 5.79. The van der Waals surface area contributed by atoms with Crippen molar-refractivity contribution in [3.05, 3.63) is 23.0 Å². The van der Waals surface area contributed by atoms with Gasteiger partial charge in [-0.2, -0.15) is 0 Å². The number of anilines is 1. The maximum absolute atomic E-state index is 9.70. The van der Waals surface area contributed by atoms with Crippen LogP contribution >= 0.6 is 0 Å². The Morgan fingerprint density at radius 1 is 1.43 bits per heavy atom. The van der Waals surface area contributed by atoms with E-state index in [1.54, 1.807) is 0 Å². The maximum atomic E-state index is 9.70. The number of oxime groups is 1. The summed E-state index contributed by atoms with van der Waals surface area (Å²) in [4.78, 5) is 6.63. The van der Waals surface area contributed by atoms with Crippen LogP contribution in [0.3, 0.4) is 0 Å². The van der Waals surface area contributed by atoms with Crippen LogP contribution in [0.25, 0.3) is 0 Å². The van der Waals surface area contributed by atoms with Gasteiger partial charge in [0.2, 0.25) is 0 Å². The molecule has 1 aliphatic rings. The van der Waals surface area contributed by atoms with Crippen LogP contribution in [-0.4, -0.2) is 40.3 Å². The van der Waals surface area contributed by atoms with Gasteiger partial charge in [0.15, 0.2) is 5.84 Å². The molecule has 0 bridgehead atoms. The van der Waals surface area contributed by atoms with Crippen LogP contribution in [0.2, 0.25) is 0 Å². The maximum Gasteiger partial charge on any atom is 0.174 e. The van der Waals surface area contributed by atoms with Crippen molar-refractivity contribution in [2.24, 2.45) is 16.8 Å². The topological polar surface area (TPSA) is 95.0 Å². The Morgan fingerprint density at radius 2 is 2.05 bits per heavy atom. The van der Waals surface area contributed by atoms with E-state index in [-0.39, 0.29) is 11.9 Å². The fourth-order valence-electron chi connectivity index (χ4n) is 3.05. The molecule has 0 aliphatic carbocycles. The number of aliphatic hydroxyl groups is 1. The predicted octanol–water partition coefficient (Wildman–Crippen LogP) is 1.39. The predicted molar refractivity (Wildman–Crippen MR) is 82.8 cm³/mol. The summed E-state index contributed by atoms with van der Waals surface area (Å²) in [6, 6.07) is 1.98. The third-order valence-corrected chi connectivity index (χ3v) is 4.23. The quantitative estimate of drug-likeness (QED) is 0.339. The van der Waals surface area contributed by atoms with Crippen molar-refractivity contribution < 1.29 is 10.3 Å². The Hall–Kier alpha value is -1.82. The number of hydrogen-bond donors (Lipinski definition) is 3. The molecule has 0 aromatic carbocycles. The smallest absolute Gasteiger partial charge is 0.174 e. The molecular weight excluding hydrogens is 268 g/mol. The molecule has 1 atom stereocenters. The number of nitrogens with zero attached hydrogens (tertiary/aromatic N) is 3. The van der Waals surface area contributed by atoms with E-state index in [4.69, 9.17) is 10.9 Å². The summed E-state index contributed by atoms with van der Waals surface area (Å²) in [6.45, 7) is 7.36. The van der Waals surface area contributed by atoms with Crippen LogP contribution in [0.5, 0.6) is 0 Å². The largest absolute Gasteiger partial charge is 0.409 e. The third-order valence-electron chi connectivity index (χ3n) is 4.23. The van der Waals surface area contributed by atoms with Crippen molar-refractivity contribution in [1.82, 2.24) is 4.98 Å². The number of nitrogens with two attached hydrogens (primary N) is 1. The summed E-state index contributed by atoms with van der Waals surface area (Å²) >= 11 is 0. The Kier molecular flexibility index (Phi) is 4.67. The van der Waals surface area contributed by atoms with E-state index in [0.29, 0.717) is 11.5 Å². The lowest BCUT2D eigenvalue weighted by Gasteiger charge is -2.36. The van der Waals surface area contributed by atoms with Crippen molar-refractivity contribution in [3.8, 4) is 0 Å². The van der Waals surface area contributed by atoms with Gasteiger partial charge in [0.05, 0.1) is 23.0 Å². The second-order valence-electron chi connectivity index (χ2n) is 5.79. The molecule has 1 saturated heterocycles. The number of rotatable bonds is 3. The van der Waals surface area contributed by atoms with Crippen molar-refractivity contribution in [2.75, 3.05) is 18.0 Å². The minimum absolute atomic E-state index is 0.0904. The molecule has 1 fully saturated rings. The molecule has 1 aliphatic heterocycles. The lowest BCUT2D eigenvalue weighted by Crippen LogP contribution is -2.38. The molecule has 6 heteroatoms. The van der Waals surface area contributed by atoms with E-state index in [1.165, 1.54) is 0 Å². The van der Waals surface area contributed by atoms with Crippen LogP contribution in [0.1, 0.15) is 36.7 Å². The summed E-state index contributed by atoms with van der Waals surface area (Å²) in [5, 5.41) is 21.8. The highest BCUT2D eigenvalue weighted by molar-refractivity contribution is 6.03. The number of amidine groups is 1. The van der Waals surface area contributed by atoms with Gasteiger partial charge < -0.3 is 20.9 Å². The molecular formula is C15H24N4O2. The van der Waals surface area contributed by atoms with Gasteiger partial charge in [-0.1, -0.05) is 5.16 Å². The zero-order chi connectivity index (χ0) is 15.6. The average Bonchev–Trinajstić information content (AvgIpc) is 2.45. The van der Waals surface area contributed by atoms with Crippen LogP contribution in [-0.2, 0) is 0 Å². The van der Waals surface area contributed by atoms with E-state index in [1.807, 2.05) is 26.8 Å². The van der Waals surface area contributed by atoms with E-state index in [2.05, 4.69) is 15.0 Å². The van der Waals surface area contributed by atoms with Crippen LogP contribution in [0, 0.1) is 19.8 Å². The van der Waals surface area contributed by atoms with Crippen LogP contribution in [0.15, 0.2) is 11.2 Å². The molecule has 0 saturated carbocycles. The lowest BCUT2D eigenvalue weighted by atomic mass is 9.91. The number of aryl methyl sites for hydroxylation is 2. The van der Waals surface area contributed by atoms with Crippen molar-refractivity contribution in [1.29, 1.82) is 0 Å². The fourth-order valence-corrected chi connectivity index (χ4v) is 3.05. The molecule has 2 heterocycles. The van der Waals surface area contributed by atoms with Crippen LogP contribution in [0.4, 0.5) is 5.69 Å². The zero-order valence-corrected chi connectivity index (χ0v) is 12.9. The first-order valence-corrected chi connectivity index (χ1v) is 7.33. The summed E-state index contributed by atoms with van der Waals surface area (Å²) in [5.74, 6) is 0.435. The highest BCUT2D eigenvalue weighted by Gasteiger charge is 2.25. The molecule has 4 N–H and O–H groups in total. The summed E-state index contributed by atoms with van der Waals surface area (Å²) in [6.07, 6.45) is 1.61. The van der Waals surface area contributed by atoms with Gasteiger partial charge in [-0.3, -0.25) is 4.98 Å². The normalized spacial score (nSPS) is 18.9. The first-order chi connectivity index (χ1) is 9.93. The van der Waals surface area contributed by atoms with Gasteiger partial charge in [-0.25, -0.2) is 0 Å². The molecule has 116 valence electrons. The summed E-state index contributed by atoms with van der Waals surface area (Å²) in [7, 11) is 0. The van der Waals surface area contributed by atoms with E-state index >= 15 is 0 Å². The van der Waals surface area contributed by atoms with Crippen molar-refractivity contribution in [2.45, 2.75) is 39.7 Å². The number of aliphatic hydroxyl groups excluding tert-OH is 1. The number of piperidine rings is 1. The highest BCUT2D eigenvalue weighted by Crippen LogP contribution is 2.29. The van der Waals surface area contributed by atoms with E-state index in [9.17, 15) is 5.11 Å². The fraction of sp³-hybridized carbons (Fsp3) is 0.600. The molecule has 1 aromatic rings. The first kappa shape index (κ1) is 15.6. The third kappa shape index (κ3) is 3.26. The second kappa shape index (κ2) is 6.30. The molecule has 0 spiro atoms. The monoisotopic (exact) mass is 292 g/mol. The lowest BCUT2D eigenvalue weighted by molar-refractivity contribution is 0.110. The molecule has 1 unspecified atom stereocenters. The number of aromatic nitrogens is 1. The van der Waals surface area contributed by atoms with E-state index < -0.39 is 0 Å². The summed E-state index contributed by atoms with van der Waals surface area (Å²) < 4.78 is 0. The Labute approximate surface area is 125 Å². The molecule has 0 radical (unpaired) electrons. The van der Waals surface area contributed by atoms with Crippen molar-refractivity contribution in [3.63, 3.8) is 0 Å². The minimum Gasteiger partial charge on any atom is -0.409 e. The Bertz CT molecular complexity index is 535. The van der Waals surface area contributed by atoms with Gasteiger partial charge in [-0.05, 0) is 45.6 Å². The average molecular weight is 292 g/mol. The van der Waals surface area contributed by atoms with Gasteiger partial charge in [-0.15, -0.1) is 0 Å². The molecule has 1 aromatic heterocycles. The summed E-state index contributed by atoms with van der Waals surface area (Å²) in [5.41, 5.74) is 9.15. The van der Waals surface area contributed by atoms with Gasteiger partial charge in [0.1, 0.15) is 0 Å². The van der Waals surface area contributed by atoms with Gasteiger partial charge in [0, 0.05) is 18.8 Å². The SMILES string of the molecule is Cc1cc(N2CCC(C(C)O)CC2)c(/C(N)=N/O)c(C)n1. The molecule has 2 rings (SSSR count). The molecule has 0 amide bonds. The minimum atomic E-state index is -0.267. The van der Waals surface area contributed by atoms with E-state index in [0.717, 1.165) is 43.0 Å². The van der Waals surface area contributed by atoms with Crippen molar-refractivity contribution >= 4 is 11.5 Å². The zero-order valence-electron chi connectivity index (χ0n) is 12.9. The van der Waals surface area contributed by atoms with Gasteiger partial charge in [0.25, 0.3) is 0 Å². The molecule has 21 heavy (non-hydrogen) atoms. The van der Waals surface area contributed by atoms with Gasteiger partial charge >= 0.3 is 0 Å². The Morgan fingerprint density at radius 3 is 2.57 bits per heavy atom. The standard InChI is InChI=1S/C15H24N4O2/c1-9-8-13(14(10(2)17-9)15(16)18-21)19-6-4-12(5-7-19)11(3)20/h8,11-12,20-21H,4-7H2,1-3H3,(H2,16,18). The number of hydrogen-bond acceptors (Lipinski definition) is 5.